The summed E-state index contributed by atoms with van der Waals surface area (Å²) in [5, 5.41) is 1.73. The number of benzene rings is 1. The van der Waals surface area contributed by atoms with Crippen LogP contribution in [0.4, 0.5) is 4.79 Å². The number of ether oxygens (including phenoxy) is 1. The average Bonchev–Trinajstić information content (AvgIpc) is 2.44. The second-order valence-corrected chi connectivity index (χ2v) is 6.45. The first-order chi connectivity index (χ1) is 10.1. The lowest BCUT2D eigenvalue weighted by Gasteiger charge is -2.11. The molecule has 120 valence electrons. The summed E-state index contributed by atoms with van der Waals surface area (Å²) in [6, 6.07) is 3.94. The summed E-state index contributed by atoms with van der Waals surface area (Å²) < 4.78 is 29.4. The van der Waals surface area contributed by atoms with E-state index < -0.39 is 34.5 Å². The lowest BCUT2D eigenvalue weighted by molar-refractivity contribution is -0.123. The van der Waals surface area contributed by atoms with Gasteiger partial charge in [-0.3, -0.25) is 10.1 Å². The third-order valence-electron chi connectivity index (χ3n) is 2.47. The Morgan fingerprint density at radius 2 is 1.73 bits per heavy atom. The van der Waals surface area contributed by atoms with Gasteiger partial charge in [-0.2, -0.15) is 0 Å². The van der Waals surface area contributed by atoms with Crippen LogP contribution in [0.15, 0.2) is 29.2 Å². The van der Waals surface area contributed by atoms with Crippen molar-refractivity contribution in [2.24, 2.45) is 5.73 Å². The van der Waals surface area contributed by atoms with Gasteiger partial charge >= 0.3 is 12.0 Å². The topological polar surface area (TPSA) is 136 Å². The fourth-order valence-electron chi connectivity index (χ4n) is 1.36. The molecule has 0 fully saturated rings. The van der Waals surface area contributed by atoms with Crippen LogP contribution >= 0.6 is 0 Å². The van der Waals surface area contributed by atoms with Crippen LogP contribution in [0.2, 0.25) is 0 Å². The Hall–Kier alpha value is -2.46. The van der Waals surface area contributed by atoms with Gasteiger partial charge in [-0.25, -0.2) is 22.3 Å². The van der Waals surface area contributed by atoms with Crippen molar-refractivity contribution in [1.82, 2.24) is 9.62 Å². The minimum absolute atomic E-state index is 0.0144. The van der Waals surface area contributed by atoms with E-state index in [-0.39, 0.29) is 10.5 Å². The zero-order chi connectivity index (χ0) is 16.9. The minimum atomic E-state index is -3.59. The van der Waals surface area contributed by atoms with E-state index in [1.807, 2.05) is 0 Å². The third-order valence-corrected chi connectivity index (χ3v) is 4.29. The van der Waals surface area contributed by atoms with Crippen LogP contribution in [0.25, 0.3) is 0 Å². The van der Waals surface area contributed by atoms with E-state index in [0.29, 0.717) is 0 Å². The third kappa shape index (κ3) is 4.53. The first kappa shape index (κ1) is 17.6. The maximum Gasteiger partial charge on any atom is 0.338 e. The lowest BCUT2D eigenvalue weighted by atomic mass is 10.2. The molecule has 0 saturated carbocycles. The Labute approximate surface area is 127 Å². The summed E-state index contributed by atoms with van der Waals surface area (Å²) in [6.07, 6.45) is 0. The Kier molecular flexibility index (Phi) is 5.60. The van der Waals surface area contributed by atoms with Crippen molar-refractivity contribution in [3.05, 3.63) is 29.8 Å². The largest absolute Gasteiger partial charge is 0.452 e. The van der Waals surface area contributed by atoms with E-state index in [1.54, 1.807) is 5.32 Å². The molecule has 0 aliphatic carbocycles. The SMILES string of the molecule is CN(C)S(=O)(=O)c1ccc(C(=O)OCC(=O)NC(N)=O)cc1. The van der Waals surface area contributed by atoms with Crippen LogP contribution < -0.4 is 11.1 Å². The number of urea groups is 1. The number of sulfonamides is 1. The molecule has 0 saturated heterocycles. The Bertz CT molecular complexity index is 681. The van der Waals surface area contributed by atoms with Crippen molar-refractivity contribution >= 4 is 27.9 Å². The molecule has 0 radical (unpaired) electrons. The Morgan fingerprint density at radius 3 is 2.18 bits per heavy atom. The maximum absolute atomic E-state index is 11.8. The number of esters is 1. The van der Waals surface area contributed by atoms with Gasteiger partial charge < -0.3 is 10.5 Å². The molecule has 0 unspecified atom stereocenters. The summed E-state index contributed by atoms with van der Waals surface area (Å²) in [6.45, 7) is -0.681. The highest BCUT2D eigenvalue weighted by Gasteiger charge is 2.18. The van der Waals surface area contributed by atoms with Crippen LogP contribution in [-0.4, -0.2) is 51.3 Å². The predicted molar refractivity (Wildman–Crippen MR) is 75.3 cm³/mol. The van der Waals surface area contributed by atoms with Gasteiger partial charge in [0.25, 0.3) is 5.91 Å². The number of carbonyl (C=O) groups is 3. The lowest BCUT2D eigenvalue weighted by Crippen LogP contribution is -2.37. The number of primary amides is 1. The molecule has 22 heavy (non-hydrogen) atoms. The number of hydrogen-bond acceptors (Lipinski definition) is 6. The average molecular weight is 329 g/mol. The zero-order valence-electron chi connectivity index (χ0n) is 11.9. The second-order valence-electron chi connectivity index (χ2n) is 4.30. The fourth-order valence-corrected chi connectivity index (χ4v) is 2.26. The Balaban J connectivity index is 2.73. The summed E-state index contributed by atoms with van der Waals surface area (Å²) in [4.78, 5) is 33.1. The monoisotopic (exact) mass is 329 g/mol. The van der Waals surface area contributed by atoms with Crippen LogP contribution in [-0.2, 0) is 19.6 Å². The molecular weight excluding hydrogens is 314 g/mol. The molecule has 3 N–H and O–H groups in total. The van der Waals surface area contributed by atoms with E-state index in [4.69, 9.17) is 5.73 Å². The van der Waals surface area contributed by atoms with Gasteiger partial charge in [0, 0.05) is 14.1 Å². The van der Waals surface area contributed by atoms with Gasteiger partial charge in [0.15, 0.2) is 6.61 Å². The number of nitrogens with zero attached hydrogens (tertiary/aromatic N) is 1. The van der Waals surface area contributed by atoms with Crippen LogP contribution in [0, 0.1) is 0 Å². The number of imide groups is 1. The summed E-state index contributed by atoms with van der Waals surface area (Å²) in [5.74, 6) is -1.71. The van der Waals surface area contributed by atoms with E-state index in [2.05, 4.69) is 4.74 Å². The van der Waals surface area contributed by atoms with Crippen LogP contribution in [0.3, 0.4) is 0 Å². The van der Waals surface area contributed by atoms with Crippen molar-refractivity contribution in [2.75, 3.05) is 20.7 Å². The molecule has 0 heterocycles. The number of nitrogens with one attached hydrogen (secondary N) is 1. The number of nitrogens with two attached hydrogens (primary N) is 1. The van der Waals surface area contributed by atoms with Crippen LogP contribution in [0.1, 0.15) is 10.4 Å². The number of carbonyl (C=O) groups excluding carboxylic acids is 3. The van der Waals surface area contributed by atoms with E-state index >= 15 is 0 Å². The first-order valence-corrected chi connectivity index (χ1v) is 7.37. The molecule has 9 nitrogen and oxygen atoms in total. The van der Waals surface area contributed by atoms with Crippen molar-refractivity contribution in [1.29, 1.82) is 0 Å². The van der Waals surface area contributed by atoms with Gasteiger partial charge in [0.05, 0.1) is 10.5 Å². The molecule has 1 rings (SSSR count). The summed E-state index contributed by atoms with van der Waals surface area (Å²) >= 11 is 0. The van der Waals surface area contributed by atoms with Gasteiger partial charge in [0.1, 0.15) is 0 Å². The van der Waals surface area contributed by atoms with Gasteiger partial charge in [-0.15, -0.1) is 0 Å². The summed E-state index contributed by atoms with van der Waals surface area (Å²) in [5.41, 5.74) is 4.78. The predicted octanol–water partition coefficient (Wildman–Crippen LogP) is -0.711. The van der Waals surface area contributed by atoms with Gasteiger partial charge in [0.2, 0.25) is 10.0 Å². The molecule has 0 spiro atoms. The molecule has 1 aromatic rings. The van der Waals surface area contributed by atoms with Crippen molar-refractivity contribution < 1.29 is 27.5 Å². The molecule has 0 bridgehead atoms. The highest BCUT2D eigenvalue weighted by atomic mass is 32.2. The van der Waals surface area contributed by atoms with Crippen molar-refractivity contribution in [2.45, 2.75) is 4.90 Å². The number of rotatable bonds is 5. The maximum atomic E-state index is 11.8. The summed E-state index contributed by atoms with van der Waals surface area (Å²) in [7, 11) is -0.825. The molecule has 0 aliphatic heterocycles. The van der Waals surface area contributed by atoms with Gasteiger partial charge in [-0.05, 0) is 24.3 Å². The fraction of sp³-hybridized carbons (Fsp3) is 0.250. The van der Waals surface area contributed by atoms with Crippen LogP contribution in [0.5, 0.6) is 0 Å². The molecule has 0 aliphatic rings. The van der Waals surface area contributed by atoms with Crippen molar-refractivity contribution in [3.63, 3.8) is 0 Å². The molecule has 1 aromatic carbocycles. The van der Waals surface area contributed by atoms with E-state index in [1.165, 1.54) is 38.4 Å². The van der Waals surface area contributed by atoms with E-state index in [9.17, 15) is 22.8 Å². The van der Waals surface area contributed by atoms with E-state index in [0.717, 1.165) is 4.31 Å². The molecule has 3 amide bonds. The normalized spacial score (nSPS) is 11.0. The molecular formula is C12H15N3O6S. The minimum Gasteiger partial charge on any atom is -0.452 e. The zero-order valence-corrected chi connectivity index (χ0v) is 12.7. The highest BCUT2D eigenvalue weighted by molar-refractivity contribution is 7.89. The quantitative estimate of drug-likeness (QED) is 0.685. The van der Waals surface area contributed by atoms with Gasteiger partial charge in [-0.1, -0.05) is 0 Å². The molecule has 0 atom stereocenters. The number of hydrogen-bond donors (Lipinski definition) is 2. The highest BCUT2D eigenvalue weighted by Crippen LogP contribution is 2.14. The smallest absolute Gasteiger partial charge is 0.338 e. The molecule has 0 aromatic heterocycles. The van der Waals surface area contributed by atoms with Crippen molar-refractivity contribution in [3.8, 4) is 0 Å². The first-order valence-electron chi connectivity index (χ1n) is 5.93. The molecule has 10 heteroatoms. The second kappa shape index (κ2) is 7.00. The Morgan fingerprint density at radius 1 is 1.18 bits per heavy atom. The standard InChI is InChI=1S/C12H15N3O6S/c1-15(2)22(19,20)9-5-3-8(4-6-9)11(17)21-7-10(16)14-12(13)18/h3-6H,7H2,1-2H3,(H3,13,14,16,18). The number of amides is 3.